The highest BCUT2D eigenvalue weighted by Crippen LogP contribution is 2.44. The second-order valence-electron chi connectivity index (χ2n) is 6.14. The molecule has 2 aliphatic carbocycles. The van der Waals surface area contributed by atoms with Gasteiger partial charge in [-0.05, 0) is 63.3 Å². The van der Waals surface area contributed by atoms with Gasteiger partial charge in [-0.1, -0.05) is 6.92 Å². The zero-order chi connectivity index (χ0) is 11.9. The summed E-state index contributed by atoms with van der Waals surface area (Å²) in [5.41, 5.74) is -0.248. The van der Waals surface area contributed by atoms with Crippen molar-refractivity contribution in [2.75, 3.05) is 6.54 Å². The Hall–Kier alpha value is -0.280. The van der Waals surface area contributed by atoms with E-state index in [0.717, 1.165) is 37.6 Å². The van der Waals surface area contributed by atoms with Crippen molar-refractivity contribution in [1.29, 1.82) is 0 Å². The molecule has 1 amide bonds. The molecule has 3 aliphatic rings. The van der Waals surface area contributed by atoms with Crippen LogP contribution in [-0.2, 0) is 4.79 Å². The van der Waals surface area contributed by atoms with Crippen LogP contribution in [0.15, 0.2) is 0 Å². The molecule has 2 N–H and O–H groups in total. The lowest BCUT2D eigenvalue weighted by Gasteiger charge is -2.30. The molecule has 2 saturated carbocycles. The van der Waals surface area contributed by atoms with Gasteiger partial charge in [0, 0.05) is 6.04 Å². The maximum atomic E-state index is 12.5. The predicted octanol–water partition coefficient (Wildman–Crippen LogP) is 2.25. The lowest BCUT2D eigenvalue weighted by atomic mass is 9.92. The van der Waals surface area contributed by atoms with Gasteiger partial charge in [-0.15, -0.1) is 12.4 Å². The number of rotatable bonds is 5. The van der Waals surface area contributed by atoms with Crippen LogP contribution in [0.5, 0.6) is 0 Å². The molecule has 1 saturated heterocycles. The molecular weight excluding hydrogens is 248 g/mol. The Morgan fingerprint density at radius 1 is 1.33 bits per heavy atom. The Morgan fingerprint density at radius 3 is 2.33 bits per heavy atom. The highest BCUT2D eigenvalue weighted by atomic mass is 35.5. The summed E-state index contributed by atoms with van der Waals surface area (Å²) in [6.07, 6.45) is 8.38. The van der Waals surface area contributed by atoms with E-state index >= 15 is 0 Å². The first kappa shape index (κ1) is 14.1. The molecule has 1 heterocycles. The van der Waals surface area contributed by atoms with Gasteiger partial charge in [0.1, 0.15) is 0 Å². The summed E-state index contributed by atoms with van der Waals surface area (Å²) in [5.74, 6) is 1.87. The van der Waals surface area contributed by atoms with Crippen molar-refractivity contribution < 1.29 is 4.79 Å². The third-order valence-electron chi connectivity index (χ3n) is 4.84. The third-order valence-corrected chi connectivity index (χ3v) is 4.84. The zero-order valence-corrected chi connectivity index (χ0v) is 12.0. The fourth-order valence-corrected chi connectivity index (χ4v) is 3.28. The fraction of sp³-hybridized carbons (Fsp3) is 0.929. The molecule has 1 aliphatic heterocycles. The minimum atomic E-state index is -0.248. The van der Waals surface area contributed by atoms with Gasteiger partial charge in [0.15, 0.2) is 0 Å². The van der Waals surface area contributed by atoms with Crippen LogP contribution in [0.3, 0.4) is 0 Å². The standard InChI is InChI=1S/C14H24N2O.ClH/c1-2-14(8-3-9-15-14)13(17)16-12(10-4-5-10)11-6-7-11;/h10-12,15H,2-9H2,1H3,(H,16,17);1H. The molecule has 1 atom stereocenters. The fourth-order valence-electron chi connectivity index (χ4n) is 3.28. The number of carbonyl (C=O) groups is 1. The summed E-state index contributed by atoms with van der Waals surface area (Å²) < 4.78 is 0. The first-order valence-corrected chi connectivity index (χ1v) is 7.31. The van der Waals surface area contributed by atoms with Crippen molar-refractivity contribution in [2.24, 2.45) is 11.8 Å². The van der Waals surface area contributed by atoms with E-state index in [1.54, 1.807) is 0 Å². The van der Waals surface area contributed by atoms with E-state index in [1.165, 1.54) is 25.7 Å². The molecule has 0 spiro atoms. The highest BCUT2D eigenvalue weighted by molar-refractivity contribution is 5.87. The van der Waals surface area contributed by atoms with Crippen LogP contribution < -0.4 is 10.6 Å². The second kappa shape index (κ2) is 5.38. The number of halogens is 1. The largest absolute Gasteiger partial charge is 0.351 e. The van der Waals surface area contributed by atoms with Crippen molar-refractivity contribution >= 4 is 18.3 Å². The smallest absolute Gasteiger partial charge is 0.240 e. The molecular formula is C14H25ClN2O. The molecule has 3 rings (SSSR count). The lowest BCUT2D eigenvalue weighted by Crippen LogP contribution is -2.56. The maximum absolute atomic E-state index is 12.5. The number of nitrogens with one attached hydrogen (secondary N) is 2. The van der Waals surface area contributed by atoms with Gasteiger partial charge in [-0.2, -0.15) is 0 Å². The Labute approximate surface area is 116 Å². The van der Waals surface area contributed by atoms with Gasteiger partial charge in [0.05, 0.1) is 5.54 Å². The number of hydrogen-bond donors (Lipinski definition) is 2. The van der Waals surface area contributed by atoms with Gasteiger partial charge < -0.3 is 10.6 Å². The van der Waals surface area contributed by atoms with E-state index in [0.29, 0.717) is 6.04 Å². The van der Waals surface area contributed by atoms with Crippen molar-refractivity contribution in [3.63, 3.8) is 0 Å². The van der Waals surface area contributed by atoms with Gasteiger partial charge in [-0.25, -0.2) is 0 Å². The van der Waals surface area contributed by atoms with Crippen LogP contribution >= 0.6 is 12.4 Å². The van der Waals surface area contributed by atoms with Crippen molar-refractivity contribution in [3.05, 3.63) is 0 Å². The predicted molar refractivity (Wildman–Crippen MR) is 74.9 cm³/mol. The van der Waals surface area contributed by atoms with E-state index in [9.17, 15) is 4.79 Å². The van der Waals surface area contributed by atoms with Crippen LogP contribution in [0.25, 0.3) is 0 Å². The first-order chi connectivity index (χ1) is 8.25. The second-order valence-corrected chi connectivity index (χ2v) is 6.14. The molecule has 104 valence electrons. The average molecular weight is 273 g/mol. The average Bonchev–Trinajstić information content (AvgIpc) is 3.25. The summed E-state index contributed by atoms with van der Waals surface area (Å²) >= 11 is 0. The maximum Gasteiger partial charge on any atom is 0.240 e. The molecule has 3 fully saturated rings. The van der Waals surface area contributed by atoms with Gasteiger partial charge in [0.25, 0.3) is 0 Å². The van der Waals surface area contributed by atoms with Gasteiger partial charge >= 0.3 is 0 Å². The monoisotopic (exact) mass is 272 g/mol. The van der Waals surface area contributed by atoms with Gasteiger partial charge in [-0.3, -0.25) is 4.79 Å². The van der Waals surface area contributed by atoms with Gasteiger partial charge in [0.2, 0.25) is 5.91 Å². The molecule has 0 radical (unpaired) electrons. The van der Waals surface area contributed by atoms with E-state index in [2.05, 4.69) is 17.6 Å². The van der Waals surface area contributed by atoms with Crippen LogP contribution in [0.4, 0.5) is 0 Å². The van der Waals surface area contributed by atoms with E-state index < -0.39 is 0 Å². The van der Waals surface area contributed by atoms with Crippen molar-refractivity contribution in [1.82, 2.24) is 10.6 Å². The Balaban J connectivity index is 0.00000120. The SMILES string of the molecule is CCC1(C(=O)NC(C2CC2)C2CC2)CCCN1.Cl. The van der Waals surface area contributed by atoms with E-state index in [4.69, 9.17) is 0 Å². The first-order valence-electron chi connectivity index (χ1n) is 7.31. The quantitative estimate of drug-likeness (QED) is 0.806. The lowest BCUT2D eigenvalue weighted by molar-refractivity contribution is -0.128. The summed E-state index contributed by atoms with van der Waals surface area (Å²) in [6.45, 7) is 3.12. The molecule has 0 aromatic heterocycles. The van der Waals surface area contributed by atoms with Crippen LogP contribution in [0, 0.1) is 11.8 Å². The highest BCUT2D eigenvalue weighted by Gasteiger charge is 2.46. The Bertz CT molecular complexity index is 295. The molecule has 0 aromatic rings. The Morgan fingerprint density at radius 2 is 1.94 bits per heavy atom. The summed E-state index contributed by atoms with van der Waals surface area (Å²) in [4.78, 5) is 12.5. The van der Waals surface area contributed by atoms with Crippen LogP contribution in [-0.4, -0.2) is 24.0 Å². The summed E-state index contributed by atoms with van der Waals surface area (Å²) in [6, 6.07) is 0.494. The molecule has 0 aromatic carbocycles. The van der Waals surface area contributed by atoms with E-state index in [1.807, 2.05) is 0 Å². The number of hydrogen-bond acceptors (Lipinski definition) is 2. The molecule has 0 bridgehead atoms. The minimum absolute atomic E-state index is 0. The van der Waals surface area contributed by atoms with Crippen molar-refractivity contribution in [2.45, 2.75) is 63.5 Å². The molecule has 4 heteroatoms. The molecule has 3 nitrogen and oxygen atoms in total. The zero-order valence-electron chi connectivity index (χ0n) is 11.2. The van der Waals surface area contributed by atoms with E-state index in [-0.39, 0.29) is 23.9 Å². The topological polar surface area (TPSA) is 41.1 Å². The Kier molecular flexibility index (Phi) is 4.22. The molecule has 1 unspecified atom stereocenters. The third kappa shape index (κ3) is 2.67. The summed E-state index contributed by atoms with van der Waals surface area (Å²) in [7, 11) is 0. The summed E-state index contributed by atoms with van der Waals surface area (Å²) in [5, 5.41) is 6.80. The number of carbonyl (C=O) groups excluding carboxylic acids is 1. The van der Waals surface area contributed by atoms with Crippen LogP contribution in [0.2, 0.25) is 0 Å². The van der Waals surface area contributed by atoms with Crippen molar-refractivity contribution in [3.8, 4) is 0 Å². The van der Waals surface area contributed by atoms with Crippen LogP contribution in [0.1, 0.15) is 51.9 Å². The molecule has 18 heavy (non-hydrogen) atoms. The normalized spacial score (nSPS) is 31.2. The minimum Gasteiger partial charge on any atom is -0.351 e. The number of amides is 1.